The molecule has 0 fully saturated rings. The van der Waals surface area contributed by atoms with Crippen molar-refractivity contribution in [3.8, 4) is 56.8 Å². The zero-order chi connectivity index (χ0) is 25.4. The number of phenols is 4. The van der Waals surface area contributed by atoms with Gasteiger partial charge in [0.1, 0.15) is 34.5 Å². The van der Waals surface area contributed by atoms with Gasteiger partial charge in [-0.1, -0.05) is 24.3 Å². The van der Waals surface area contributed by atoms with E-state index in [0.717, 1.165) is 22.3 Å². The van der Waals surface area contributed by atoms with Crippen molar-refractivity contribution in [2.75, 3.05) is 14.2 Å². The molecule has 0 unspecified atom stereocenters. The van der Waals surface area contributed by atoms with Crippen molar-refractivity contribution in [2.45, 2.75) is 12.8 Å². The number of hydrogen-bond donors (Lipinski definition) is 4. The molecule has 0 saturated heterocycles. The number of fused-ring (bicyclic) bond motifs is 3. The molecule has 1 aliphatic carbocycles. The Bertz CT molecular complexity index is 1500. The Morgan fingerprint density at radius 2 is 1.47 bits per heavy atom. The topological polar surface area (TPSA) is 99.4 Å². The van der Waals surface area contributed by atoms with Gasteiger partial charge in [0.05, 0.1) is 14.2 Å². The third kappa shape index (κ3) is 4.18. The van der Waals surface area contributed by atoms with Crippen LogP contribution < -0.4 is 9.47 Å². The van der Waals surface area contributed by atoms with E-state index in [-0.39, 0.29) is 23.0 Å². The van der Waals surface area contributed by atoms with Crippen molar-refractivity contribution < 1.29 is 29.9 Å². The molecular formula is C30H26O6. The number of phenolic OH excluding ortho intramolecular Hbond substituents is 4. The maximum absolute atomic E-state index is 11.1. The lowest BCUT2D eigenvalue weighted by atomic mass is 9.82. The first-order valence-electron chi connectivity index (χ1n) is 11.5. The number of rotatable bonds is 5. The van der Waals surface area contributed by atoms with Gasteiger partial charge in [0.2, 0.25) is 0 Å². The third-order valence-electron chi connectivity index (χ3n) is 6.50. The number of ether oxygens (including phenoxy) is 2. The maximum Gasteiger partial charge on any atom is 0.131 e. The van der Waals surface area contributed by atoms with E-state index in [0.29, 0.717) is 46.6 Å². The minimum atomic E-state index is 0.0127. The predicted octanol–water partition coefficient (Wildman–Crippen LogP) is 6.13. The van der Waals surface area contributed by atoms with Gasteiger partial charge in [-0.2, -0.15) is 0 Å². The average molecular weight is 483 g/mol. The van der Waals surface area contributed by atoms with Crippen molar-refractivity contribution in [3.05, 3.63) is 82.9 Å². The van der Waals surface area contributed by atoms with E-state index >= 15 is 0 Å². The molecule has 1 aliphatic rings. The molecule has 0 heterocycles. The Balaban J connectivity index is 1.71. The summed E-state index contributed by atoms with van der Waals surface area (Å²) in [5.41, 5.74) is 5.91. The van der Waals surface area contributed by atoms with Crippen LogP contribution in [0.25, 0.3) is 34.4 Å². The number of benzene rings is 4. The van der Waals surface area contributed by atoms with E-state index in [2.05, 4.69) is 0 Å². The number of aryl methyl sites for hydroxylation is 2. The van der Waals surface area contributed by atoms with Gasteiger partial charge in [-0.25, -0.2) is 0 Å². The summed E-state index contributed by atoms with van der Waals surface area (Å²) in [6.07, 6.45) is 5.02. The smallest absolute Gasteiger partial charge is 0.131 e. The summed E-state index contributed by atoms with van der Waals surface area (Å²) in [5, 5.41) is 42.1. The quantitative estimate of drug-likeness (QED) is 0.256. The molecule has 36 heavy (non-hydrogen) atoms. The minimum Gasteiger partial charge on any atom is -0.508 e. The molecule has 6 nitrogen and oxygen atoms in total. The second kappa shape index (κ2) is 9.23. The highest BCUT2D eigenvalue weighted by Crippen LogP contribution is 2.48. The molecule has 182 valence electrons. The van der Waals surface area contributed by atoms with Crippen LogP contribution in [0.5, 0.6) is 34.5 Å². The fourth-order valence-electron chi connectivity index (χ4n) is 4.84. The largest absolute Gasteiger partial charge is 0.508 e. The van der Waals surface area contributed by atoms with E-state index in [1.807, 2.05) is 18.2 Å². The molecule has 0 bridgehead atoms. The predicted molar refractivity (Wildman–Crippen MR) is 140 cm³/mol. The van der Waals surface area contributed by atoms with Crippen molar-refractivity contribution in [2.24, 2.45) is 0 Å². The lowest BCUT2D eigenvalue weighted by Crippen LogP contribution is -2.05. The van der Waals surface area contributed by atoms with Crippen LogP contribution in [0.3, 0.4) is 0 Å². The second-order valence-electron chi connectivity index (χ2n) is 8.75. The summed E-state index contributed by atoms with van der Waals surface area (Å²) in [6, 6.07) is 17.0. The first-order valence-corrected chi connectivity index (χ1v) is 11.5. The SMILES string of the molecule is COc1cc(O)c2c(c1)CCc1cc(O)c(-c3c(/C=C/c4cccc(O)c4)cc(O)cc3OC)cc1-2. The number of hydrogen-bond acceptors (Lipinski definition) is 6. The van der Waals surface area contributed by atoms with Gasteiger partial charge in [0.25, 0.3) is 0 Å². The van der Waals surface area contributed by atoms with Crippen LogP contribution in [0, 0.1) is 0 Å². The highest BCUT2D eigenvalue weighted by Gasteiger charge is 2.25. The summed E-state index contributed by atoms with van der Waals surface area (Å²) >= 11 is 0. The Morgan fingerprint density at radius 1 is 0.667 bits per heavy atom. The monoisotopic (exact) mass is 482 g/mol. The lowest BCUT2D eigenvalue weighted by molar-refractivity contribution is 0.407. The Kier molecular flexibility index (Phi) is 5.94. The molecule has 0 atom stereocenters. The molecule has 5 rings (SSSR count). The van der Waals surface area contributed by atoms with Crippen LogP contribution in [0.15, 0.2) is 60.7 Å². The Labute approximate surface area is 209 Å². The highest BCUT2D eigenvalue weighted by molar-refractivity contribution is 5.91. The summed E-state index contributed by atoms with van der Waals surface area (Å²) in [5.74, 6) is 1.32. The minimum absolute atomic E-state index is 0.0127. The first kappa shape index (κ1) is 23.2. The average Bonchev–Trinajstić information content (AvgIpc) is 2.86. The van der Waals surface area contributed by atoms with Crippen LogP contribution in [0.4, 0.5) is 0 Å². The van der Waals surface area contributed by atoms with E-state index in [1.54, 1.807) is 55.7 Å². The van der Waals surface area contributed by atoms with Gasteiger partial charge in [-0.05, 0) is 77.1 Å². The fraction of sp³-hybridized carbons (Fsp3) is 0.133. The molecule has 0 saturated carbocycles. The van der Waals surface area contributed by atoms with Crippen molar-refractivity contribution in [1.82, 2.24) is 0 Å². The van der Waals surface area contributed by atoms with Gasteiger partial charge in [-0.3, -0.25) is 0 Å². The van der Waals surface area contributed by atoms with Gasteiger partial charge in [0, 0.05) is 28.8 Å². The van der Waals surface area contributed by atoms with Crippen LogP contribution >= 0.6 is 0 Å². The zero-order valence-corrected chi connectivity index (χ0v) is 19.9. The summed E-state index contributed by atoms with van der Waals surface area (Å²) in [4.78, 5) is 0. The van der Waals surface area contributed by atoms with E-state index in [1.165, 1.54) is 13.2 Å². The molecule has 6 heteroatoms. The molecule has 4 aromatic carbocycles. The number of methoxy groups -OCH3 is 2. The van der Waals surface area contributed by atoms with E-state index < -0.39 is 0 Å². The van der Waals surface area contributed by atoms with Crippen LogP contribution in [-0.4, -0.2) is 34.6 Å². The van der Waals surface area contributed by atoms with Gasteiger partial charge in [-0.15, -0.1) is 0 Å². The summed E-state index contributed by atoms with van der Waals surface area (Å²) in [7, 11) is 3.07. The van der Waals surface area contributed by atoms with E-state index in [4.69, 9.17) is 9.47 Å². The van der Waals surface area contributed by atoms with E-state index in [9.17, 15) is 20.4 Å². The Hall–Kier alpha value is -4.58. The fourth-order valence-corrected chi connectivity index (χ4v) is 4.84. The molecule has 4 N–H and O–H groups in total. The molecule has 4 aromatic rings. The van der Waals surface area contributed by atoms with Crippen LogP contribution in [0.1, 0.15) is 22.3 Å². The highest BCUT2D eigenvalue weighted by atomic mass is 16.5. The maximum atomic E-state index is 11.1. The number of aromatic hydroxyl groups is 4. The van der Waals surface area contributed by atoms with Crippen LogP contribution in [-0.2, 0) is 12.8 Å². The Morgan fingerprint density at radius 3 is 2.22 bits per heavy atom. The van der Waals surface area contributed by atoms with Gasteiger partial charge in [0.15, 0.2) is 0 Å². The van der Waals surface area contributed by atoms with Crippen LogP contribution in [0.2, 0.25) is 0 Å². The molecule has 0 spiro atoms. The molecular weight excluding hydrogens is 456 g/mol. The van der Waals surface area contributed by atoms with Crippen molar-refractivity contribution in [3.63, 3.8) is 0 Å². The van der Waals surface area contributed by atoms with Gasteiger partial charge >= 0.3 is 0 Å². The molecule has 0 aliphatic heterocycles. The molecule has 0 radical (unpaired) electrons. The molecule has 0 amide bonds. The van der Waals surface area contributed by atoms with Crippen molar-refractivity contribution >= 4 is 12.2 Å². The first-order chi connectivity index (χ1) is 17.4. The molecule has 0 aromatic heterocycles. The van der Waals surface area contributed by atoms with Crippen molar-refractivity contribution in [1.29, 1.82) is 0 Å². The standard InChI is InChI=1S/C30H26O6/c1-35-23-12-20-9-8-18-13-26(33)25(16-24(18)29(20)27(34)15-23)30-19(11-22(32)14-28(30)36-2)7-6-17-4-3-5-21(31)10-17/h3-7,10-16,31-34H,8-9H2,1-2H3/b7-6+. The second-order valence-corrected chi connectivity index (χ2v) is 8.75. The summed E-state index contributed by atoms with van der Waals surface area (Å²) in [6.45, 7) is 0. The normalized spacial score (nSPS) is 12.3. The summed E-state index contributed by atoms with van der Waals surface area (Å²) < 4.78 is 10.9. The zero-order valence-electron chi connectivity index (χ0n) is 19.9. The lowest BCUT2D eigenvalue weighted by Gasteiger charge is -2.24. The third-order valence-corrected chi connectivity index (χ3v) is 6.50. The van der Waals surface area contributed by atoms with Gasteiger partial charge < -0.3 is 29.9 Å².